The Bertz CT molecular complexity index is 1340. The van der Waals surface area contributed by atoms with Crippen LogP contribution in [-0.2, 0) is 22.7 Å². The molecule has 0 saturated carbocycles. The molecule has 4 rings (SSSR count). The van der Waals surface area contributed by atoms with Gasteiger partial charge in [-0.2, -0.15) is 16.9 Å². The summed E-state index contributed by atoms with van der Waals surface area (Å²) in [5.74, 6) is 1.98. The van der Waals surface area contributed by atoms with E-state index < -0.39 is 0 Å². The molecule has 4 aromatic carbocycles. The number of thioether (sulfide) groups is 1. The number of benzene rings is 4. The van der Waals surface area contributed by atoms with Crippen LogP contribution in [-0.4, -0.2) is 31.2 Å². The third-order valence-electron chi connectivity index (χ3n) is 5.80. The molecule has 7 heteroatoms. The Labute approximate surface area is 233 Å². The molecule has 0 aliphatic rings. The van der Waals surface area contributed by atoms with Crippen molar-refractivity contribution in [3.63, 3.8) is 0 Å². The van der Waals surface area contributed by atoms with Gasteiger partial charge in [-0.1, -0.05) is 72.8 Å². The first kappa shape index (κ1) is 27.7. The van der Waals surface area contributed by atoms with Crippen LogP contribution in [0.15, 0.2) is 114 Å². The second-order valence-electron chi connectivity index (χ2n) is 8.82. The first-order valence-electron chi connectivity index (χ1n) is 12.7. The first-order chi connectivity index (χ1) is 19.2. The van der Waals surface area contributed by atoms with Crippen LogP contribution in [0, 0.1) is 0 Å². The average Bonchev–Trinajstić information content (AvgIpc) is 2.98. The molecule has 0 unspecified atom stereocenters. The molecule has 0 spiro atoms. The van der Waals surface area contributed by atoms with E-state index in [-0.39, 0.29) is 18.4 Å². The lowest BCUT2D eigenvalue weighted by molar-refractivity contribution is -0.123. The normalized spacial score (nSPS) is 10.8. The molecule has 0 heterocycles. The quantitative estimate of drug-likeness (QED) is 0.171. The summed E-state index contributed by atoms with van der Waals surface area (Å²) in [5, 5.41) is 6.91. The Morgan fingerprint density at radius 2 is 1.36 bits per heavy atom. The van der Waals surface area contributed by atoms with Crippen molar-refractivity contribution in [1.82, 2.24) is 10.7 Å². The zero-order valence-electron chi connectivity index (χ0n) is 21.6. The van der Waals surface area contributed by atoms with Gasteiger partial charge in [-0.3, -0.25) is 9.59 Å². The standard InChI is InChI=1S/C32H31N3O3S/c36-31(33-20-19-25-7-3-1-4-8-25)22-38-30-17-13-26(14-18-30)21-34-35-32(37)29-15-11-28(12-16-29)24-39-23-27-9-5-2-6-10-27/h1-18,21H,19-20,22-24H2,(H,33,36)(H,35,37)/b34-21-. The molecular formula is C32H31N3O3S. The highest BCUT2D eigenvalue weighted by Gasteiger charge is 2.05. The maximum absolute atomic E-state index is 12.4. The molecule has 0 aliphatic carbocycles. The van der Waals surface area contributed by atoms with Crippen LogP contribution in [0.1, 0.15) is 32.6 Å². The molecule has 0 fully saturated rings. The van der Waals surface area contributed by atoms with Crippen molar-refractivity contribution in [2.45, 2.75) is 17.9 Å². The first-order valence-corrected chi connectivity index (χ1v) is 13.9. The van der Waals surface area contributed by atoms with Gasteiger partial charge in [0.25, 0.3) is 11.8 Å². The van der Waals surface area contributed by atoms with Crippen molar-refractivity contribution in [3.8, 4) is 5.75 Å². The molecule has 0 aliphatic heterocycles. The molecular weight excluding hydrogens is 506 g/mol. The fourth-order valence-corrected chi connectivity index (χ4v) is 4.64. The summed E-state index contributed by atoms with van der Waals surface area (Å²) in [7, 11) is 0. The molecule has 0 saturated heterocycles. The van der Waals surface area contributed by atoms with Gasteiger partial charge >= 0.3 is 0 Å². The van der Waals surface area contributed by atoms with Crippen molar-refractivity contribution in [2.75, 3.05) is 13.2 Å². The minimum Gasteiger partial charge on any atom is -0.484 e. The molecule has 0 aromatic heterocycles. The maximum Gasteiger partial charge on any atom is 0.271 e. The second kappa shape index (κ2) is 15.1. The summed E-state index contributed by atoms with van der Waals surface area (Å²) >= 11 is 1.84. The smallest absolute Gasteiger partial charge is 0.271 e. The van der Waals surface area contributed by atoms with Crippen molar-refractivity contribution < 1.29 is 14.3 Å². The van der Waals surface area contributed by atoms with Crippen LogP contribution < -0.4 is 15.5 Å². The number of nitrogens with one attached hydrogen (secondary N) is 2. The van der Waals surface area contributed by atoms with Crippen LogP contribution in [0.4, 0.5) is 0 Å². The minimum atomic E-state index is -0.270. The number of amides is 2. The fourth-order valence-electron chi connectivity index (χ4n) is 3.68. The van der Waals surface area contributed by atoms with E-state index in [1.54, 1.807) is 30.5 Å². The van der Waals surface area contributed by atoms with Crippen molar-refractivity contribution in [3.05, 3.63) is 137 Å². The number of nitrogens with zero attached hydrogens (tertiary/aromatic N) is 1. The summed E-state index contributed by atoms with van der Waals surface area (Å²) in [6.07, 6.45) is 2.34. The SMILES string of the molecule is O=C(COc1ccc(/C=N\NC(=O)c2ccc(CSCc3ccccc3)cc2)cc1)NCCc1ccccc1. The second-order valence-corrected chi connectivity index (χ2v) is 9.80. The van der Waals surface area contributed by atoms with Crippen LogP contribution in [0.3, 0.4) is 0 Å². The molecule has 0 radical (unpaired) electrons. The van der Waals surface area contributed by atoms with Crippen LogP contribution in [0.2, 0.25) is 0 Å². The number of carbonyl (C=O) groups is 2. The molecule has 0 atom stereocenters. The molecule has 0 bridgehead atoms. The lowest BCUT2D eigenvalue weighted by Gasteiger charge is -2.08. The van der Waals surface area contributed by atoms with Crippen molar-refractivity contribution in [1.29, 1.82) is 0 Å². The number of hydrogen-bond donors (Lipinski definition) is 2. The Hall–Kier alpha value is -4.36. The predicted molar refractivity (Wildman–Crippen MR) is 158 cm³/mol. The summed E-state index contributed by atoms with van der Waals surface area (Å²) < 4.78 is 5.55. The van der Waals surface area contributed by atoms with Gasteiger partial charge in [-0.15, -0.1) is 0 Å². The number of rotatable bonds is 13. The number of hydrazone groups is 1. The predicted octanol–water partition coefficient (Wildman–Crippen LogP) is 5.62. The van der Waals surface area contributed by atoms with Crippen LogP contribution in [0.5, 0.6) is 5.75 Å². The Morgan fingerprint density at radius 3 is 2.03 bits per heavy atom. The van der Waals surface area contributed by atoms with E-state index in [0.717, 1.165) is 23.5 Å². The number of carbonyl (C=O) groups excluding carboxylic acids is 2. The monoisotopic (exact) mass is 537 g/mol. The lowest BCUT2D eigenvalue weighted by Crippen LogP contribution is -2.30. The molecule has 6 nitrogen and oxygen atoms in total. The molecule has 2 amide bonds. The summed E-state index contributed by atoms with van der Waals surface area (Å²) in [6.45, 7) is 0.508. The highest BCUT2D eigenvalue weighted by atomic mass is 32.2. The Balaban J connectivity index is 1.14. The van der Waals surface area contributed by atoms with Gasteiger partial charge in [0.15, 0.2) is 6.61 Å². The molecule has 39 heavy (non-hydrogen) atoms. The fraction of sp³-hybridized carbons (Fsp3) is 0.156. The van der Waals surface area contributed by atoms with Gasteiger partial charge in [0.2, 0.25) is 0 Å². The van der Waals surface area contributed by atoms with Crippen molar-refractivity contribution in [2.24, 2.45) is 5.10 Å². The van der Waals surface area contributed by atoms with Gasteiger partial charge in [0, 0.05) is 23.6 Å². The Morgan fingerprint density at radius 1 is 0.744 bits per heavy atom. The summed E-state index contributed by atoms with van der Waals surface area (Å²) in [6, 6.07) is 35.1. The van der Waals surface area contributed by atoms with Crippen LogP contribution >= 0.6 is 11.8 Å². The molecule has 2 N–H and O–H groups in total. The zero-order valence-corrected chi connectivity index (χ0v) is 22.4. The van der Waals surface area contributed by atoms with E-state index in [2.05, 4.69) is 28.0 Å². The molecule has 4 aromatic rings. The number of ether oxygens (including phenoxy) is 1. The van der Waals surface area contributed by atoms with E-state index in [1.807, 2.05) is 84.6 Å². The number of hydrogen-bond acceptors (Lipinski definition) is 5. The van der Waals surface area contributed by atoms with Crippen LogP contribution in [0.25, 0.3) is 0 Å². The highest BCUT2D eigenvalue weighted by Crippen LogP contribution is 2.18. The maximum atomic E-state index is 12.4. The topological polar surface area (TPSA) is 79.8 Å². The van der Waals surface area contributed by atoms with E-state index in [9.17, 15) is 9.59 Å². The van der Waals surface area contributed by atoms with Gasteiger partial charge in [0.1, 0.15) is 5.75 Å². The van der Waals surface area contributed by atoms with Gasteiger partial charge in [-0.25, -0.2) is 5.43 Å². The third-order valence-corrected chi connectivity index (χ3v) is 6.88. The van der Waals surface area contributed by atoms with Gasteiger partial charge < -0.3 is 10.1 Å². The highest BCUT2D eigenvalue weighted by molar-refractivity contribution is 7.97. The van der Waals surface area contributed by atoms with E-state index in [4.69, 9.17) is 4.74 Å². The largest absolute Gasteiger partial charge is 0.484 e. The van der Waals surface area contributed by atoms with Crippen molar-refractivity contribution >= 4 is 29.8 Å². The molecule has 198 valence electrons. The lowest BCUT2D eigenvalue weighted by atomic mass is 10.1. The minimum absolute atomic E-state index is 0.0528. The Kier molecular flexibility index (Phi) is 10.7. The third kappa shape index (κ3) is 9.79. The zero-order chi connectivity index (χ0) is 27.1. The summed E-state index contributed by atoms with van der Waals surface area (Å²) in [5.41, 5.74) is 7.55. The van der Waals surface area contributed by atoms with E-state index in [0.29, 0.717) is 17.9 Å². The van der Waals surface area contributed by atoms with E-state index in [1.165, 1.54) is 16.7 Å². The average molecular weight is 538 g/mol. The van der Waals surface area contributed by atoms with Gasteiger partial charge in [0.05, 0.1) is 6.21 Å². The summed E-state index contributed by atoms with van der Waals surface area (Å²) in [4.78, 5) is 24.4. The van der Waals surface area contributed by atoms with E-state index >= 15 is 0 Å². The van der Waals surface area contributed by atoms with Gasteiger partial charge in [-0.05, 0) is 65.1 Å².